The van der Waals surface area contributed by atoms with Crippen LogP contribution in [-0.4, -0.2) is 31.6 Å². The van der Waals surface area contributed by atoms with Gasteiger partial charge in [0.2, 0.25) is 0 Å². The predicted octanol–water partition coefficient (Wildman–Crippen LogP) is 4.12. The molecule has 1 aromatic rings. The van der Waals surface area contributed by atoms with Crippen LogP contribution in [0.1, 0.15) is 63.6 Å². The number of benzene rings is 1. The molecule has 1 aromatic carbocycles. The second-order valence-electron chi connectivity index (χ2n) is 7.59. The molecule has 1 fully saturated rings. The van der Waals surface area contributed by atoms with Gasteiger partial charge in [-0.1, -0.05) is 57.9 Å². The molecule has 1 unspecified atom stereocenters. The molecule has 118 valence electrons. The van der Waals surface area contributed by atoms with Gasteiger partial charge in [0, 0.05) is 18.6 Å². The zero-order valence-electron chi connectivity index (χ0n) is 14.4. The third kappa shape index (κ3) is 4.31. The molecule has 2 nitrogen and oxygen atoms in total. The molecule has 1 aliphatic carbocycles. The molecule has 0 saturated heterocycles. The quantitative estimate of drug-likeness (QED) is 0.877. The minimum Gasteiger partial charge on any atom is -0.312 e. The van der Waals surface area contributed by atoms with Crippen molar-refractivity contribution in [1.29, 1.82) is 0 Å². The lowest BCUT2D eigenvalue weighted by Gasteiger charge is -2.29. The van der Waals surface area contributed by atoms with Crippen molar-refractivity contribution < 1.29 is 0 Å². The van der Waals surface area contributed by atoms with Crippen LogP contribution in [0.15, 0.2) is 24.3 Å². The van der Waals surface area contributed by atoms with E-state index in [9.17, 15) is 0 Å². The van der Waals surface area contributed by atoms with E-state index < -0.39 is 0 Å². The first-order valence-corrected chi connectivity index (χ1v) is 8.40. The first kappa shape index (κ1) is 16.5. The molecule has 0 aromatic heterocycles. The van der Waals surface area contributed by atoms with E-state index in [4.69, 9.17) is 0 Å². The number of rotatable bonds is 5. The third-order valence-electron chi connectivity index (χ3n) is 4.95. The number of hydrogen-bond donors (Lipinski definition) is 1. The highest BCUT2D eigenvalue weighted by Crippen LogP contribution is 2.26. The zero-order chi connectivity index (χ0) is 15.5. The Kier molecular flexibility index (Phi) is 5.45. The van der Waals surface area contributed by atoms with Crippen LogP contribution in [0.5, 0.6) is 0 Å². The Balaban J connectivity index is 2.03. The summed E-state index contributed by atoms with van der Waals surface area (Å²) >= 11 is 0. The summed E-state index contributed by atoms with van der Waals surface area (Å²) in [5.41, 5.74) is 3.04. The molecule has 0 spiro atoms. The molecule has 21 heavy (non-hydrogen) atoms. The van der Waals surface area contributed by atoms with Crippen LogP contribution in [0.25, 0.3) is 0 Å². The highest BCUT2D eigenvalue weighted by Gasteiger charge is 2.22. The van der Waals surface area contributed by atoms with Gasteiger partial charge in [0.1, 0.15) is 0 Å². The van der Waals surface area contributed by atoms with Gasteiger partial charge >= 0.3 is 0 Å². The molecule has 2 heteroatoms. The van der Waals surface area contributed by atoms with Gasteiger partial charge in [-0.2, -0.15) is 0 Å². The largest absolute Gasteiger partial charge is 0.312 e. The minimum atomic E-state index is 0.230. The van der Waals surface area contributed by atoms with Crippen LogP contribution in [-0.2, 0) is 5.41 Å². The summed E-state index contributed by atoms with van der Waals surface area (Å²) in [4.78, 5) is 2.55. The SMILES string of the molecule is CNC(CN(C)C1CCCC1)c1ccc(C(C)(C)C)cc1. The molecule has 1 atom stereocenters. The van der Waals surface area contributed by atoms with Crippen LogP contribution < -0.4 is 5.32 Å². The molecule has 0 heterocycles. The van der Waals surface area contributed by atoms with Crippen LogP contribution in [0.4, 0.5) is 0 Å². The van der Waals surface area contributed by atoms with Crippen LogP contribution >= 0.6 is 0 Å². The Morgan fingerprint density at radius 1 is 1.14 bits per heavy atom. The number of nitrogens with zero attached hydrogens (tertiary/aromatic N) is 1. The summed E-state index contributed by atoms with van der Waals surface area (Å²) in [6, 6.07) is 10.4. The molecule has 1 saturated carbocycles. The van der Waals surface area contributed by atoms with Crippen molar-refractivity contribution >= 4 is 0 Å². The lowest BCUT2D eigenvalue weighted by Crippen LogP contribution is -2.36. The summed E-state index contributed by atoms with van der Waals surface area (Å²) in [5, 5.41) is 3.49. The Hall–Kier alpha value is -0.860. The van der Waals surface area contributed by atoms with Crippen molar-refractivity contribution in [3.63, 3.8) is 0 Å². The van der Waals surface area contributed by atoms with E-state index in [1.54, 1.807) is 0 Å². The maximum absolute atomic E-state index is 3.49. The zero-order valence-corrected chi connectivity index (χ0v) is 14.4. The van der Waals surface area contributed by atoms with Crippen molar-refractivity contribution in [2.75, 3.05) is 20.6 Å². The lowest BCUT2D eigenvalue weighted by molar-refractivity contribution is 0.222. The molecule has 0 amide bonds. The maximum Gasteiger partial charge on any atom is 0.0446 e. The first-order chi connectivity index (χ1) is 9.91. The summed E-state index contributed by atoms with van der Waals surface area (Å²) in [6.45, 7) is 7.90. The topological polar surface area (TPSA) is 15.3 Å². The first-order valence-electron chi connectivity index (χ1n) is 8.40. The van der Waals surface area contributed by atoms with Crippen LogP contribution in [0.3, 0.4) is 0 Å². The highest BCUT2D eigenvalue weighted by atomic mass is 15.2. The van der Waals surface area contributed by atoms with Crippen LogP contribution in [0.2, 0.25) is 0 Å². The molecular weight excluding hydrogens is 256 g/mol. The maximum atomic E-state index is 3.49. The Labute approximate surface area is 130 Å². The predicted molar refractivity (Wildman–Crippen MR) is 91.8 cm³/mol. The second-order valence-corrected chi connectivity index (χ2v) is 7.59. The van der Waals surface area contributed by atoms with E-state index in [1.807, 2.05) is 0 Å². The summed E-state index contributed by atoms with van der Waals surface area (Å²) in [6.07, 6.45) is 5.55. The van der Waals surface area contributed by atoms with Crippen molar-refractivity contribution in [2.45, 2.75) is 64.0 Å². The number of nitrogens with one attached hydrogen (secondary N) is 1. The average Bonchev–Trinajstić information content (AvgIpc) is 2.98. The fourth-order valence-corrected chi connectivity index (χ4v) is 3.36. The van der Waals surface area contributed by atoms with Gasteiger partial charge in [-0.15, -0.1) is 0 Å². The van der Waals surface area contributed by atoms with E-state index in [0.29, 0.717) is 6.04 Å². The molecule has 2 rings (SSSR count). The Morgan fingerprint density at radius 2 is 1.71 bits per heavy atom. The van der Waals surface area contributed by atoms with Gasteiger partial charge in [0.15, 0.2) is 0 Å². The van der Waals surface area contributed by atoms with Gasteiger partial charge in [0.05, 0.1) is 0 Å². The fraction of sp³-hybridized carbons (Fsp3) is 0.684. The lowest BCUT2D eigenvalue weighted by atomic mass is 9.86. The normalized spacial score (nSPS) is 18.4. The Bertz CT molecular complexity index is 424. The number of hydrogen-bond acceptors (Lipinski definition) is 2. The van der Waals surface area contributed by atoms with Crippen LogP contribution in [0, 0.1) is 0 Å². The van der Waals surface area contributed by atoms with Crippen molar-refractivity contribution in [3.8, 4) is 0 Å². The van der Waals surface area contributed by atoms with Gasteiger partial charge in [-0.25, -0.2) is 0 Å². The van der Waals surface area contributed by atoms with Crippen molar-refractivity contribution in [3.05, 3.63) is 35.4 Å². The average molecular weight is 288 g/mol. The van der Waals surface area contributed by atoms with E-state index in [1.165, 1.54) is 36.8 Å². The fourth-order valence-electron chi connectivity index (χ4n) is 3.36. The van der Waals surface area contributed by atoms with Crippen molar-refractivity contribution in [1.82, 2.24) is 10.2 Å². The van der Waals surface area contributed by atoms with Gasteiger partial charge < -0.3 is 10.2 Å². The minimum absolute atomic E-state index is 0.230. The van der Waals surface area contributed by atoms with E-state index in [0.717, 1.165) is 12.6 Å². The van der Waals surface area contributed by atoms with E-state index in [2.05, 4.69) is 69.3 Å². The van der Waals surface area contributed by atoms with Gasteiger partial charge in [-0.05, 0) is 43.5 Å². The summed E-state index contributed by atoms with van der Waals surface area (Å²) < 4.78 is 0. The van der Waals surface area contributed by atoms with E-state index >= 15 is 0 Å². The molecule has 1 aliphatic rings. The second kappa shape index (κ2) is 6.93. The van der Waals surface area contributed by atoms with Gasteiger partial charge in [-0.3, -0.25) is 0 Å². The monoisotopic (exact) mass is 288 g/mol. The molecular formula is C19H32N2. The Morgan fingerprint density at radius 3 is 2.19 bits per heavy atom. The smallest absolute Gasteiger partial charge is 0.0446 e. The molecule has 1 N–H and O–H groups in total. The van der Waals surface area contributed by atoms with Crippen molar-refractivity contribution in [2.24, 2.45) is 0 Å². The number of likely N-dealkylation sites (N-methyl/N-ethyl adjacent to an activating group) is 2. The molecule has 0 radical (unpaired) electrons. The molecule has 0 aliphatic heterocycles. The van der Waals surface area contributed by atoms with Gasteiger partial charge in [0.25, 0.3) is 0 Å². The van der Waals surface area contributed by atoms with E-state index in [-0.39, 0.29) is 5.41 Å². The highest BCUT2D eigenvalue weighted by molar-refractivity contribution is 5.29. The standard InChI is InChI=1S/C19H32N2/c1-19(2,3)16-12-10-15(11-13-16)18(20-4)14-21(5)17-8-6-7-9-17/h10-13,17-18,20H,6-9,14H2,1-5H3. The summed E-state index contributed by atoms with van der Waals surface area (Å²) in [7, 11) is 4.36. The summed E-state index contributed by atoms with van der Waals surface area (Å²) in [5.74, 6) is 0. The third-order valence-corrected chi connectivity index (χ3v) is 4.95. The molecule has 0 bridgehead atoms.